The van der Waals surface area contributed by atoms with Crippen LogP contribution in [-0.4, -0.2) is 14.5 Å². The largest absolute Gasteiger partial charge is 0.309 e. The Morgan fingerprint density at radius 2 is 0.735 bits per heavy atom. The second kappa shape index (κ2) is 12.2. The van der Waals surface area contributed by atoms with Crippen LogP contribution in [-0.2, 0) is 0 Å². The van der Waals surface area contributed by atoms with Gasteiger partial charge in [0.15, 0.2) is 5.82 Å². The molecule has 0 N–H and O–H groups in total. The second-order valence-electron chi connectivity index (χ2n) is 12.3. The molecule has 0 aliphatic heterocycles. The number of aromatic nitrogens is 3. The SMILES string of the molecule is c1ccc(-c2ccc3c(c2)c2cc(-c4ccccc4)ccc2n3-c2cccc(-c3nc(-c4ccccc4)cc(-c4ccccc4)n3)c2)cc1. The van der Waals surface area contributed by atoms with Crippen molar-refractivity contribution in [2.75, 3.05) is 0 Å². The molecule has 0 saturated heterocycles. The Morgan fingerprint density at radius 3 is 1.20 bits per heavy atom. The minimum absolute atomic E-state index is 0.695. The Morgan fingerprint density at radius 1 is 0.306 bits per heavy atom. The zero-order chi connectivity index (χ0) is 32.6. The van der Waals surface area contributed by atoms with Crippen molar-refractivity contribution in [3.8, 4) is 61.8 Å². The Labute approximate surface area is 285 Å². The third kappa shape index (κ3) is 5.38. The summed E-state index contributed by atoms with van der Waals surface area (Å²) < 4.78 is 2.37. The van der Waals surface area contributed by atoms with Gasteiger partial charge in [-0.05, 0) is 64.7 Å². The number of benzene rings is 7. The fraction of sp³-hybridized carbons (Fsp3) is 0. The topological polar surface area (TPSA) is 30.7 Å². The van der Waals surface area contributed by atoms with Gasteiger partial charge in [-0.25, -0.2) is 9.97 Å². The molecule has 230 valence electrons. The predicted octanol–water partition coefficient (Wildman–Crippen LogP) is 11.9. The van der Waals surface area contributed by atoms with Crippen molar-refractivity contribution < 1.29 is 0 Å². The number of hydrogen-bond acceptors (Lipinski definition) is 2. The van der Waals surface area contributed by atoms with Gasteiger partial charge in [0, 0.05) is 33.2 Å². The summed E-state index contributed by atoms with van der Waals surface area (Å²) in [5, 5.41) is 2.43. The average Bonchev–Trinajstić information content (AvgIpc) is 3.52. The smallest absolute Gasteiger partial charge is 0.160 e. The maximum Gasteiger partial charge on any atom is 0.160 e. The standard InChI is InChI=1S/C46H31N3/c1-5-14-32(15-6-1)36-24-26-44-40(29-36)41-30-37(33-16-7-2-8-17-33)25-27-45(41)49(44)39-23-13-22-38(28-39)46-47-42(34-18-9-3-10-19-34)31-43(48-46)35-20-11-4-12-21-35/h1-31H. The molecular weight excluding hydrogens is 595 g/mol. The lowest BCUT2D eigenvalue weighted by atomic mass is 10.0. The normalized spacial score (nSPS) is 11.3. The molecule has 3 nitrogen and oxygen atoms in total. The van der Waals surface area contributed by atoms with E-state index in [1.54, 1.807) is 0 Å². The predicted molar refractivity (Wildman–Crippen MR) is 204 cm³/mol. The number of nitrogens with zero attached hydrogens (tertiary/aromatic N) is 3. The molecule has 0 saturated carbocycles. The van der Waals surface area contributed by atoms with E-state index >= 15 is 0 Å². The Kier molecular flexibility index (Phi) is 7.14. The lowest BCUT2D eigenvalue weighted by molar-refractivity contribution is 1.16. The summed E-state index contributed by atoms with van der Waals surface area (Å²) in [6.07, 6.45) is 0. The lowest BCUT2D eigenvalue weighted by Crippen LogP contribution is -1.98. The third-order valence-electron chi connectivity index (χ3n) is 9.21. The summed E-state index contributed by atoms with van der Waals surface area (Å²) in [6.45, 7) is 0. The molecule has 49 heavy (non-hydrogen) atoms. The highest BCUT2D eigenvalue weighted by Crippen LogP contribution is 2.38. The zero-order valence-corrected chi connectivity index (χ0v) is 26.7. The van der Waals surface area contributed by atoms with Crippen molar-refractivity contribution in [3.05, 3.63) is 188 Å². The monoisotopic (exact) mass is 625 g/mol. The molecule has 0 aliphatic rings. The van der Waals surface area contributed by atoms with Gasteiger partial charge in [0.2, 0.25) is 0 Å². The van der Waals surface area contributed by atoms with Gasteiger partial charge >= 0.3 is 0 Å². The van der Waals surface area contributed by atoms with Crippen LogP contribution in [0, 0.1) is 0 Å². The van der Waals surface area contributed by atoms with Crippen LogP contribution < -0.4 is 0 Å². The summed E-state index contributed by atoms with van der Waals surface area (Å²) in [7, 11) is 0. The molecule has 3 heteroatoms. The zero-order valence-electron chi connectivity index (χ0n) is 26.7. The van der Waals surface area contributed by atoms with Crippen molar-refractivity contribution in [2.45, 2.75) is 0 Å². The van der Waals surface area contributed by atoms with Gasteiger partial charge in [-0.15, -0.1) is 0 Å². The Balaban J connectivity index is 1.24. The van der Waals surface area contributed by atoms with E-state index in [2.05, 4.69) is 180 Å². The van der Waals surface area contributed by atoms with Gasteiger partial charge in [-0.2, -0.15) is 0 Å². The van der Waals surface area contributed by atoms with E-state index in [4.69, 9.17) is 9.97 Å². The van der Waals surface area contributed by atoms with Crippen molar-refractivity contribution in [3.63, 3.8) is 0 Å². The average molecular weight is 626 g/mol. The number of fused-ring (bicyclic) bond motifs is 3. The Bertz CT molecular complexity index is 2420. The summed E-state index contributed by atoms with van der Waals surface area (Å²) in [4.78, 5) is 10.2. The van der Waals surface area contributed by atoms with Gasteiger partial charge in [0.25, 0.3) is 0 Å². The van der Waals surface area contributed by atoms with Crippen molar-refractivity contribution in [2.24, 2.45) is 0 Å². The summed E-state index contributed by atoms with van der Waals surface area (Å²) in [5.74, 6) is 0.695. The van der Waals surface area contributed by atoms with Crippen molar-refractivity contribution >= 4 is 21.8 Å². The first kappa shape index (κ1) is 28.6. The van der Waals surface area contributed by atoms with E-state index in [0.29, 0.717) is 5.82 Å². The number of hydrogen-bond donors (Lipinski definition) is 0. The van der Waals surface area contributed by atoms with Gasteiger partial charge in [-0.1, -0.05) is 146 Å². The van der Waals surface area contributed by atoms with Crippen molar-refractivity contribution in [1.29, 1.82) is 0 Å². The van der Waals surface area contributed by atoms with Crippen LogP contribution in [0.3, 0.4) is 0 Å². The van der Waals surface area contributed by atoms with Crippen molar-refractivity contribution in [1.82, 2.24) is 14.5 Å². The fourth-order valence-corrected chi connectivity index (χ4v) is 6.80. The van der Waals surface area contributed by atoms with Gasteiger partial charge in [-0.3, -0.25) is 0 Å². The minimum Gasteiger partial charge on any atom is -0.309 e. The highest BCUT2D eigenvalue weighted by Gasteiger charge is 2.17. The van der Waals surface area contributed by atoms with Crippen LogP contribution in [0.15, 0.2) is 188 Å². The van der Waals surface area contributed by atoms with Crippen LogP contribution >= 0.6 is 0 Å². The molecule has 0 unspecified atom stereocenters. The first-order chi connectivity index (χ1) is 24.3. The summed E-state index contributed by atoms with van der Waals surface area (Å²) in [6, 6.07) is 66.2. The maximum atomic E-state index is 5.12. The van der Waals surface area contributed by atoms with Gasteiger partial charge < -0.3 is 4.57 Å². The molecule has 0 atom stereocenters. The summed E-state index contributed by atoms with van der Waals surface area (Å²) in [5.41, 5.74) is 13.1. The highest BCUT2D eigenvalue weighted by molar-refractivity contribution is 6.11. The van der Waals surface area contributed by atoms with E-state index in [0.717, 1.165) is 44.8 Å². The van der Waals surface area contributed by atoms with E-state index in [1.165, 1.54) is 33.0 Å². The van der Waals surface area contributed by atoms with Crippen LogP contribution in [0.1, 0.15) is 0 Å². The highest BCUT2D eigenvalue weighted by atomic mass is 15.0. The third-order valence-corrected chi connectivity index (χ3v) is 9.21. The molecule has 2 heterocycles. The van der Waals surface area contributed by atoms with E-state index in [-0.39, 0.29) is 0 Å². The van der Waals surface area contributed by atoms with E-state index < -0.39 is 0 Å². The molecule has 2 aromatic heterocycles. The number of rotatable bonds is 6. The molecule has 0 radical (unpaired) electrons. The molecule has 9 rings (SSSR count). The fourth-order valence-electron chi connectivity index (χ4n) is 6.80. The van der Waals surface area contributed by atoms with E-state index in [1.807, 2.05) is 12.1 Å². The van der Waals surface area contributed by atoms with Crippen LogP contribution in [0.2, 0.25) is 0 Å². The first-order valence-corrected chi connectivity index (χ1v) is 16.6. The maximum absolute atomic E-state index is 5.12. The van der Waals surface area contributed by atoms with Gasteiger partial charge in [0.1, 0.15) is 0 Å². The molecule has 0 bridgehead atoms. The molecule has 0 amide bonds. The van der Waals surface area contributed by atoms with Crippen LogP contribution in [0.5, 0.6) is 0 Å². The molecular formula is C46H31N3. The summed E-state index contributed by atoms with van der Waals surface area (Å²) >= 11 is 0. The van der Waals surface area contributed by atoms with Gasteiger partial charge in [0.05, 0.1) is 22.4 Å². The molecule has 9 aromatic rings. The second-order valence-corrected chi connectivity index (χ2v) is 12.3. The molecule has 7 aromatic carbocycles. The molecule has 0 spiro atoms. The molecule has 0 aliphatic carbocycles. The van der Waals surface area contributed by atoms with E-state index in [9.17, 15) is 0 Å². The van der Waals surface area contributed by atoms with Crippen LogP contribution in [0.4, 0.5) is 0 Å². The minimum atomic E-state index is 0.695. The lowest BCUT2D eigenvalue weighted by Gasteiger charge is -2.12. The first-order valence-electron chi connectivity index (χ1n) is 16.6. The van der Waals surface area contributed by atoms with Crippen LogP contribution in [0.25, 0.3) is 83.6 Å². The quantitative estimate of drug-likeness (QED) is 0.184. The molecule has 0 fully saturated rings. The Hall–Kier alpha value is -6.58.